The van der Waals surface area contributed by atoms with E-state index in [4.69, 9.17) is 58.0 Å². The summed E-state index contributed by atoms with van der Waals surface area (Å²) in [6, 6.07) is 15.4. The predicted molar refractivity (Wildman–Crippen MR) is 147 cm³/mol. The number of amides is 1. The fraction of sp³-hybridized carbons (Fsp3) is 0.240. The Morgan fingerprint density at radius 1 is 0.971 bits per heavy atom. The molecule has 4 rings (SSSR count). The van der Waals surface area contributed by atoms with Crippen LogP contribution < -0.4 is 16.0 Å². The zero-order chi connectivity index (χ0) is 25.5. The molecule has 3 unspecified atom stereocenters. The third kappa shape index (κ3) is 5.61. The van der Waals surface area contributed by atoms with E-state index in [0.29, 0.717) is 21.4 Å². The molecule has 0 aromatic heterocycles. The Kier molecular flexibility index (Phi) is 7.68. The molecule has 1 saturated carbocycles. The zero-order valence-electron chi connectivity index (χ0n) is 18.7. The lowest BCUT2D eigenvalue weighted by Gasteiger charge is -2.16. The van der Waals surface area contributed by atoms with Gasteiger partial charge in [-0.2, -0.15) is 0 Å². The van der Waals surface area contributed by atoms with Gasteiger partial charge in [0.15, 0.2) is 0 Å². The zero-order valence-corrected chi connectivity index (χ0v) is 22.5. The third-order valence-electron chi connectivity index (χ3n) is 5.98. The van der Waals surface area contributed by atoms with Crippen molar-refractivity contribution in [2.75, 3.05) is 23.0 Å². The number of carbonyl (C=O) groups is 1. The molecule has 1 fully saturated rings. The van der Waals surface area contributed by atoms with Crippen LogP contribution in [0.1, 0.15) is 27.4 Å². The maximum Gasteiger partial charge on any atom is 0.257 e. The van der Waals surface area contributed by atoms with E-state index in [0.717, 1.165) is 16.8 Å². The van der Waals surface area contributed by atoms with Crippen molar-refractivity contribution in [3.8, 4) is 0 Å². The van der Waals surface area contributed by atoms with Gasteiger partial charge in [-0.25, -0.2) is 0 Å². The first-order chi connectivity index (χ1) is 16.5. The molecule has 4 N–H and O–H groups in total. The van der Waals surface area contributed by atoms with Crippen molar-refractivity contribution in [3.05, 3.63) is 86.4 Å². The maximum absolute atomic E-state index is 12.9. The van der Waals surface area contributed by atoms with Gasteiger partial charge in [0.1, 0.15) is 10.6 Å². The highest BCUT2D eigenvalue weighted by atomic mass is 35.5. The summed E-state index contributed by atoms with van der Waals surface area (Å²) in [5.41, 5.74) is 4.02. The summed E-state index contributed by atoms with van der Waals surface area (Å²) >= 11 is 31.5. The summed E-state index contributed by atoms with van der Waals surface area (Å²) in [6.45, 7) is 1.97. The summed E-state index contributed by atoms with van der Waals surface area (Å²) in [4.78, 5) is 12.9. The van der Waals surface area contributed by atoms with Crippen LogP contribution in [0.15, 0.2) is 54.6 Å². The first-order valence-corrected chi connectivity index (χ1v) is 12.6. The summed E-state index contributed by atoms with van der Waals surface area (Å²) in [5.74, 6) is -1.32. The number of nitrogens with one attached hydrogen (secondary N) is 3. The number of aryl methyl sites for hydroxylation is 1. The highest BCUT2D eigenvalue weighted by Crippen LogP contribution is 2.66. The molecule has 0 spiro atoms. The summed E-state index contributed by atoms with van der Waals surface area (Å²) in [6.07, 6.45) is -1.11. The van der Waals surface area contributed by atoms with Crippen LogP contribution in [0, 0.1) is 12.8 Å². The van der Waals surface area contributed by atoms with Gasteiger partial charge in [-0.3, -0.25) is 4.79 Å². The van der Waals surface area contributed by atoms with E-state index in [9.17, 15) is 9.90 Å². The lowest BCUT2D eigenvalue weighted by molar-refractivity contribution is 0.102. The van der Waals surface area contributed by atoms with E-state index in [-0.39, 0.29) is 22.4 Å². The second-order valence-corrected chi connectivity index (χ2v) is 11.1. The Morgan fingerprint density at radius 2 is 1.63 bits per heavy atom. The number of alkyl halides is 2. The summed E-state index contributed by atoms with van der Waals surface area (Å²) < 4.78 is -1.22. The van der Waals surface area contributed by atoms with Crippen molar-refractivity contribution >= 4 is 81.0 Å². The largest absolute Gasteiger partial charge is 0.388 e. The first-order valence-electron chi connectivity index (χ1n) is 10.7. The Labute approximate surface area is 228 Å². The molecule has 3 aromatic carbocycles. The van der Waals surface area contributed by atoms with Gasteiger partial charge >= 0.3 is 0 Å². The van der Waals surface area contributed by atoms with Crippen LogP contribution in [0.2, 0.25) is 15.1 Å². The Morgan fingerprint density at radius 3 is 2.29 bits per heavy atom. The van der Waals surface area contributed by atoms with Crippen LogP contribution in [0.5, 0.6) is 0 Å². The molecule has 3 aromatic rings. The van der Waals surface area contributed by atoms with Gasteiger partial charge in [-0.15, -0.1) is 23.2 Å². The van der Waals surface area contributed by atoms with Crippen molar-refractivity contribution in [1.82, 2.24) is 0 Å². The molecule has 0 heterocycles. The smallest absolute Gasteiger partial charge is 0.257 e. The van der Waals surface area contributed by atoms with Gasteiger partial charge in [0.2, 0.25) is 0 Å². The Bertz CT molecular complexity index is 1260. The quantitative estimate of drug-likeness (QED) is 0.174. The minimum absolute atomic E-state index is 0.243. The number of rotatable bonds is 7. The number of anilines is 3. The second-order valence-electron chi connectivity index (χ2n) is 8.40. The standard InChI is InChI=1S/C25H22Cl5N3O2/c1-12-3-4-17(11-20(12)31-2)32-23(34)18-10-16(5-6-19(18)28)33-24(35)22-21(25(22,29)30)13-7-14(26)9-15(27)8-13/h3-11,21-22,24,31,33,35H,1-2H3,(H,32,34). The third-order valence-corrected chi connectivity index (χ3v) is 7.72. The van der Waals surface area contributed by atoms with E-state index in [1.807, 2.05) is 32.2 Å². The number of hydrogen-bond acceptors (Lipinski definition) is 4. The average molecular weight is 574 g/mol. The number of benzene rings is 3. The number of halogens is 5. The molecular weight excluding hydrogens is 552 g/mol. The van der Waals surface area contributed by atoms with Gasteiger partial charge in [-0.1, -0.05) is 40.9 Å². The molecule has 0 bridgehead atoms. The van der Waals surface area contributed by atoms with E-state index >= 15 is 0 Å². The monoisotopic (exact) mass is 571 g/mol. The normalized spacial score (nSPS) is 19.1. The molecule has 10 heteroatoms. The molecule has 1 aliphatic carbocycles. The van der Waals surface area contributed by atoms with Crippen LogP contribution in [-0.2, 0) is 0 Å². The molecule has 184 valence electrons. The van der Waals surface area contributed by atoms with Crippen molar-refractivity contribution in [1.29, 1.82) is 0 Å². The van der Waals surface area contributed by atoms with Crippen LogP contribution in [0.3, 0.4) is 0 Å². The molecule has 1 aliphatic rings. The van der Waals surface area contributed by atoms with Crippen molar-refractivity contribution in [2.45, 2.75) is 23.4 Å². The minimum Gasteiger partial charge on any atom is -0.388 e. The SMILES string of the molecule is CNc1cc(NC(=O)c2cc(NC(O)C3C(c4cc(Cl)cc(Cl)c4)C3(Cl)Cl)ccc2Cl)ccc1C. The van der Waals surface area contributed by atoms with E-state index < -0.39 is 16.5 Å². The lowest BCUT2D eigenvalue weighted by atomic mass is 10.1. The van der Waals surface area contributed by atoms with Gasteiger partial charge in [0, 0.05) is 46.0 Å². The molecule has 1 amide bonds. The van der Waals surface area contributed by atoms with Crippen LogP contribution >= 0.6 is 58.0 Å². The second kappa shape index (κ2) is 10.3. The highest BCUT2D eigenvalue weighted by molar-refractivity contribution is 6.52. The molecule has 0 aliphatic heterocycles. The van der Waals surface area contributed by atoms with Gasteiger partial charge < -0.3 is 21.1 Å². The number of aliphatic hydroxyl groups is 1. The average Bonchev–Trinajstić information content (AvgIpc) is 3.37. The number of hydrogen-bond donors (Lipinski definition) is 4. The van der Waals surface area contributed by atoms with Crippen LogP contribution in [0.25, 0.3) is 0 Å². The fourth-order valence-electron chi connectivity index (χ4n) is 4.14. The molecular formula is C25H22Cl5N3O2. The Hall–Kier alpha value is -1.86. The van der Waals surface area contributed by atoms with Crippen LogP contribution in [0.4, 0.5) is 17.1 Å². The molecule has 0 radical (unpaired) electrons. The molecule has 5 nitrogen and oxygen atoms in total. The fourth-order valence-corrected chi connectivity index (χ4v) is 5.78. The minimum atomic E-state index is -1.22. The maximum atomic E-state index is 12.9. The van der Waals surface area contributed by atoms with Crippen molar-refractivity contribution in [2.24, 2.45) is 5.92 Å². The molecule has 35 heavy (non-hydrogen) atoms. The van der Waals surface area contributed by atoms with Gasteiger partial charge in [0.05, 0.1) is 10.6 Å². The van der Waals surface area contributed by atoms with Gasteiger partial charge in [0.25, 0.3) is 5.91 Å². The number of aliphatic hydroxyl groups excluding tert-OH is 1. The van der Waals surface area contributed by atoms with Gasteiger partial charge in [-0.05, 0) is 66.6 Å². The highest BCUT2D eigenvalue weighted by Gasteiger charge is 2.67. The number of carbonyl (C=O) groups excluding carboxylic acids is 1. The van der Waals surface area contributed by atoms with Crippen LogP contribution in [-0.4, -0.2) is 28.6 Å². The molecule has 0 saturated heterocycles. The summed E-state index contributed by atoms with van der Waals surface area (Å²) in [5, 5.41) is 21.0. The summed E-state index contributed by atoms with van der Waals surface area (Å²) in [7, 11) is 1.81. The Balaban J connectivity index is 1.50. The first kappa shape index (κ1) is 26.2. The molecule has 3 atom stereocenters. The van der Waals surface area contributed by atoms with E-state index in [1.54, 1.807) is 36.4 Å². The van der Waals surface area contributed by atoms with E-state index in [2.05, 4.69) is 16.0 Å². The lowest BCUT2D eigenvalue weighted by Crippen LogP contribution is -2.24. The van der Waals surface area contributed by atoms with Crippen molar-refractivity contribution < 1.29 is 9.90 Å². The van der Waals surface area contributed by atoms with E-state index in [1.165, 1.54) is 0 Å². The van der Waals surface area contributed by atoms with Crippen molar-refractivity contribution in [3.63, 3.8) is 0 Å². The topological polar surface area (TPSA) is 73.4 Å². The predicted octanol–water partition coefficient (Wildman–Crippen LogP) is 7.57.